The predicted molar refractivity (Wildman–Crippen MR) is 164 cm³/mol. The molecule has 1 fully saturated rings. The molecule has 0 radical (unpaired) electrons. The minimum Gasteiger partial charge on any atom is -0.497 e. The number of nitrogens with zero attached hydrogens (tertiary/aromatic N) is 4. The predicted octanol–water partition coefficient (Wildman–Crippen LogP) is 3.90. The number of aromatic nitrogens is 2. The molecule has 5 rings (SSSR count). The van der Waals surface area contributed by atoms with Crippen LogP contribution < -0.4 is 18.9 Å². The molecule has 2 amide bonds. The van der Waals surface area contributed by atoms with Crippen molar-refractivity contribution < 1.29 is 33.3 Å². The van der Waals surface area contributed by atoms with E-state index < -0.39 is 0 Å². The van der Waals surface area contributed by atoms with Gasteiger partial charge in [-0.3, -0.25) is 9.59 Å². The summed E-state index contributed by atoms with van der Waals surface area (Å²) in [6.07, 6.45) is 6.62. The van der Waals surface area contributed by atoms with Crippen molar-refractivity contribution in [3.05, 3.63) is 54.9 Å². The van der Waals surface area contributed by atoms with Crippen molar-refractivity contribution >= 4 is 11.8 Å². The molecule has 2 aromatic carbocycles. The standard InChI is InChI=1S/C33H42N4O7/c1-40-27-7-5-8-28(22-27)44-24-31(38)35-13-3-4-14-37(33(39)26-11-20-42-23-26)15-6-19-43-30-21-25(9-10-29(30)41-2)32-34-12-16-36(32)18-17-35/h5,7-10,12,16,21-22,26H,3-4,6,11,13-15,17-20,23-24H2,1-2H3. The van der Waals surface area contributed by atoms with Gasteiger partial charge < -0.3 is 38.1 Å². The minimum atomic E-state index is -0.108. The Kier molecular flexibility index (Phi) is 11.0. The lowest BCUT2D eigenvalue weighted by atomic mass is 10.1. The molecular weight excluding hydrogens is 564 g/mol. The van der Waals surface area contributed by atoms with Crippen molar-refractivity contribution in [3.8, 4) is 34.4 Å². The van der Waals surface area contributed by atoms with Gasteiger partial charge in [-0.05, 0) is 56.0 Å². The van der Waals surface area contributed by atoms with Crippen molar-refractivity contribution in [2.75, 3.05) is 66.8 Å². The molecule has 0 spiro atoms. The number of benzene rings is 2. The average molecular weight is 607 g/mol. The van der Waals surface area contributed by atoms with E-state index in [9.17, 15) is 9.59 Å². The van der Waals surface area contributed by atoms with E-state index in [0.29, 0.717) is 82.0 Å². The van der Waals surface area contributed by atoms with Gasteiger partial charge in [-0.2, -0.15) is 0 Å². The van der Waals surface area contributed by atoms with Crippen LogP contribution in [0.1, 0.15) is 25.7 Å². The van der Waals surface area contributed by atoms with Crippen molar-refractivity contribution in [1.29, 1.82) is 0 Å². The fourth-order valence-electron chi connectivity index (χ4n) is 5.56. The molecule has 1 atom stereocenters. The van der Waals surface area contributed by atoms with Crippen LogP contribution in [0.25, 0.3) is 11.4 Å². The number of hydrogen-bond donors (Lipinski definition) is 0. The van der Waals surface area contributed by atoms with Gasteiger partial charge in [-0.25, -0.2) is 4.98 Å². The second kappa shape index (κ2) is 15.5. The van der Waals surface area contributed by atoms with E-state index in [1.165, 1.54) is 0 Å². The first-order valence-electron chi connectivity index (χ1n) is 15.3. The van der Waals surface area contributed by atoms with Gasteiger partial charge in [0.1, 0.15) is 17.3 Å². The molecule has 236 valence electrons. The van der Waals surface area contributed by atoms with E-state index in [4.69, 9.17) is 23.7 Å². The molecule has 44 heavy (non-hydrogen) atoms. The molecule has 3 heterocycles. The highest BCUT2D eigenvalue weighted by atomic mass is 16.5. The summed E-state index contributed by atoms with van der Waals surface area (Å²) in [7, 11) is 3.21. The fourth-order valence-corrected chi connectivity index (χ4v) is 5.56. The third-order valence-corrected chi connectivity index (χ3v) is 8.03. The summed E-state index contributed by atoms with van der Waals surface area (Å²) in [5, 5.41) is 0. The Morgan fingerprint density at radius 3 is 2.52 bits per heavy atom. The molecule has 0 N–H and O–H groups in total. The number of methoxy groups -OCH3 is 2. The Morgan fingerprint density at radius 1 is 0.909 bits per heavy atom. The van der Waals surface area contributed by atoms with Gasteiger partial charge in [-0.1, -0.05) is 6.07 Å². The molecule has 3 aromatic rings. The maximum absolute atomic E-state index is 13.5. The lowest BCUT2D eigenvalue weighted by Crippen LogP contribution is -2.40. The molecule has 1 saturated heterocycles. The zero-order valence-electron chi connectivity index (χ0n) is 25.6. The van der Waals surface area contributed by atoms with Gasteiger partial charge in [0.05, 0.1) is 33.4 Å². The van der Waals surface area contributed by atoms with E-state index >= 15 is 0 Å². The molecule has 2 aliphatic rings. The van der Waals surface area contributed by atoms with Crippen LogP contribution in [0.15, 0.2) is 54.9 Å². The number of imidazole rings is 1. The molecule has 11 heteroatoms. The highest BCUT2D eigenvalue weighted by molar-refractivity contribution is 5.79. The number of fused-ring (bicyclic) bond motifs is 4. The number of hydrogen-bond acceptors (Lipinski definition) is 8. The Labute approximate surface area is 258 Å². The summed E-state index contributed by atoms with van der Waals surface area (Å²) in [5.41, 5.74) is 0.882. The normalized spacial score (nSPS) is 18.1. The van der Waals surface area contributed by atoms with Crippen molar-refractivity contribution in [3.63, 3.8) is 0 Å². The smallest absolute Gasteiger partial charge is 0.260 e. The summed E-state index contributed by atoms with van der Waals surface area (Å²) < 4.78 is 30.4. The molecule has 2 bridgehead atoms. The van der Waals surface area contributed by atoms with Crippen molar-refractivity contribution in [2.45, 2.75) is 32.2 Å². The largest absolute Gasteiger partial charge is 0.497 e. The van der Waals surface area contributed by atoms with Crippen LogP contribution in [0.4, 0.5) is 0 Å². The van der Waals surface area contributed by atoms with E-state index in [0.717, 1.165) is 30.7 Å². The van der Waals surface area contributed by atoms with Crippen LogP contribution in [0.5, 0.6) is 23.0 Å². The Balaban J connectivity index is 1.34. The topological polar surface area (TPSA) is 105 Å². The van der Waals surface area contributed by atoms with E-state index in [1.54, 1.807) is 32.5 Å². The van der Waals surface area contributed by atoms with Crippen LogP contribution in [-0.4, -0.2) is 98.0 Å². The summed E-state index contributed by atoms with van der Waals surface area (Å²) in [6.45, 7) is 4.22. The minimum absolute atomic E-state index is 0.0879. The van der Waals surface area contributed by atoms with Gasteiger partial charge in [-0.15, -0.1) is 0 Å². The number of carbonyl (C=O) groups is 2. The number of ether oxygens (including phenoxy) is 5. The Bertz CT molecular complexity index is 1390. The summed E-state index contributed by atoms with van der Waals surface area (Å²) in [6, 6.07) is 13.0. The number of amides is 2. The monoisotopic (exact) mass is 606 g/mol. The lowest BCUT2D eigenvalue weighted by molar-refractivity contribution is -0.136. The Morgan fingerprint density at radius 2 is 1.73 bits per heavy atom. The van der Waals surface area contributed by atoms with Gasteiger partial charge in [0, 0.05) is 63.4 Å². The second-order valence-electron chi connectivity index (χ2n) is 11.0. The molecule has 0 saturated carbocycles. The first-order valence-corrected chi connectivity index (χ1v) is 15.3. The molecule has 2 aliphatic heterocycles. The van der Waals surface area contributed by atoms with E-state index in [1.807, 2.05) is 50.9 Å². The third-order valence-electron chi connectivity index (χ3n) is 8.03. The lowest BCUT2D eigenvalue weighted by Gasteiger charge is -2.27. The van der Waals surface area contributed by atoms with Crippen molar-refractivity contribution in [1.82, 2.24) is 19.4 Å². The zero-order valence-corrected chi connectivity index (χ0v) is 25.6. The van der Waals surface area contributed by atoms with Crippen LogP contribution in [0, 0.1) is 5.92 Å². The summed E-state index contributed by atoms with van der Waals surface area (Å²) >= 11 is 0. The quantitative estimate of drug-likeness (QED) is 0.416. The average Bonchev–Trinajstić information content (AvgIpc) is 3.76. The first-order chi connectivity index (χ1) is 21.6. The van der Waals surface area contributed by atoms with E-state index in [2.05, 4.69) is 4.98 Å². The van der Waals surface area contributed by atoms with Gasteiger partial charge in [0.25, 0.3) is 5.91 Å². The van der Waals surface area contributed by atoms with Gasteiger partial charge in [0.15, 0.2) is 18.1 Å². The Hall–Kier alpha value is -4.25. The third kappa shape index (κ3) is 8.02. The fraction of sp³-hybridized carbons (Fsp3) is 0.485. The molecule has 1 aromatic heterocycles. The molecule has 11 nitrogen and oxygen atoms in total. The zero-order chi connectivity index (χ0) is 30.7. The first kappa shape index (κ1) is 31.2. The number of carbonyl (C=O) groups excluding carboxylic acids is 2. The van der Waals surface area contributed by atoms with Gasteiger partial charge in [0.2, 0.25) is 5.91 Å². The highest BCUT2D eigenvalue weighted by Crippen LogP contribution is 2.32. The van der Waals surface area contributed by atoms with Crippen LogP contribution in [0.2, 0.25) is 0 Å². The maximum atomic E-state index is 13.5. The van der Waals surface area contributed by atoms with Crippen LogP contribution in [-0.2, 0) is 20.9 Å². The highest BCUT2D eigenvalue weighted by Gasteiger charge is 2.28. The SMILES string of the molecule is COc1cccc(OCC(=O)N2CCCCN(C(=O)C3CCOC3)CCCOc3cc(ccc3OC)-c3nccn3CC2)c1. The van der Waals surface area contributed by atoms with Gasteiger partial charge >= 0.3 is 0 Å². The maximum Gasteiger partial charge on any atom is 0.260 e. The van der Waals surface area contributed by atoms with Crippen LogP contribution in [0.3, 0.4) is 0 Å². The molecule has 1 unspecified atom stereocenters. The summed E-state index contributed by atoms with van der Waals surface area (Å²) in [5.74, 6) is 3.19. The van der Waals surface area contributed by atoms with Crippen molar-refractivity contribution in [2.24, 2.45) is 5.92 Å². The second-order valence-corrected chi connectivity index (χ2v) is 11.0. The molecule has 0 aliphatic carbocycles. The summed E-state index contributed by atoms with van der Waals surface area (Å²) in [4.78, 5) is 35.2. The van der Waals surface area contributed by atoms with Crippen LogP contribution >= 0.6 is 0 Å². The number of rotatable bonds is 6. The molecular formula is C33H42N4O7. The van der Waals surface area contributed by atoms with E-state index in [-0.39, 0.29) is 24.3 Å².